The van der Waals surface area contributed by atoms with E-state index in [0.717, 1.165) is 6.42 Å². The lowest BCUT2D eigenvalue weighted by Crippen LogP contribution is -2.46. The fraction of sp³-hybridized carbons (Fsp3) is 0.909. The molecule has 0 saturated carbocycles. The van der Waals surface area contributed by atoms with E-state index in [9.17, 15) is 18.3 Å². The number of ether oxygens (including phenoxy) is 1. The summed E-state index contributed by atoms with van der Waals surface area (Å²) in [5.74, 6) is -0.777. The molecular weight excluding hydrogens is 258 g/mol. The maximum absolute atomic E-state index is 12.0. The van der Waals surface area contributed by atoms with Gasteiger partial charge in [0.05, 0.1) is 25.4 Å². The van der Waals surface area contributed by atoms with Crippen LogP contribution in [0.1, 0.15) is 26.2 Å². The second-order valence-electron chi connectivity index (χ2n) is 4.52. The van der Waals surface area contributed by atoms with Crippen molar-refractivity contribution in [2.45, 2.75) is 32.3 Å². The third kappa shape index (κ3) is 3.93. The van der Waals surface area contributed by atoms with Gasteiger partial charge in [-0.3, -0.25) is 4.79 Å². The van der Waals surface area contributed by atoms with Gasteiger partial charge in [0.1, 0.15) is 0 Å². The molecule has 0 spiro atoms. The molecule has 106 valence electrons. The first-order valence-electron chi connectivity index (χ1n) is 6.13. The molecule has 2 unspecified atom stereocenters. The first kappa shape index (κ1) is 15.4. The van der Waals surface area contributed by atoms with Crippen molar-refractivity contribution in [1.29, 1.82) is 0 Å². The summed E-state index contributed by atoms with van der Waals surface area (Å²) in [7, 11) is -2.20. The SMILES string of the molecule is CCC1CN(S(=O)(=O)CCC(=O)OC)CCC1O. The highest BCUT2D eigenvalue weighted by molar-refractivity contribution is 7.89. The Labute approximate surface area is 108 Å². The van der Waals surface area contributed by atoms with E-state index in [-0.39, 0.29) is 18.1 Å². The first-order valence-corrected chi connectivity index (χ1v) is 7.74. The second kappa shape index (κ2) is 6.49. The van der Waals surface area contributed by atoms with Gasteiger partial charge in [0.15, 0.2) is 0 Å². The van der Waals surface area contributed by atoms with Gasteiger partial charge < -0.3 is 9.84 Å². The van der Waals surface area contributed by atoms with Crippen molar-refractivity contribution in [1.82, 2.24) is 4.31 Å². The molecule has 18 heavy (non-hydrogen) atoms. The van der Waals surface area contributed by atoms with Gasteiger partial charge in [-0.2, -0.15) is 0 Å². The molecular formula is C11H21NO5S. The minimum atomic E-state index is -3.43. The Kier molecular flexibility index (Phi) is 5.55. The molecule has 0 aromatic carbocycles. The summed E-state index contributed by atoms with van der Waals surface area (Å²) in [4.78, 5) is 11.0. The highest BCUT2D eigenvalue weighted by Gasteiger charge is 2.33. The van der Waals surface area contributed by atoms with Crippen LogP contribution in [0.5, 0.6) is 0 Å². The van der Waals surface area contributed by atoms with Gasteiger partial charge in [0, 0.05) is 13.1 Å². The third-order valence-corrected chi connectivity index (χ3v) is 5.20. The van der Waals surface area contributed by atoms with Crippen LogP contribution >= 0.6 is 0 Å². The number of methoxy groups -OCH3 is 1. The van der Waals surface area contributed by atoms with Crippen LogP contribution in [0.3, 0.4) is 0 Å². The molecule has 0 aromatic heterocycles. The number of piperidine rings is 1. The number of carbonyl (C=O) groups excluding carboxylic acids is 1. The maximum atomic E-state index is 12.0. The topological polar surface area (TPSA) is 83.9 Å². The average molecular weight is 279 g/mol. The largest absolute Gasteiger partial charge is 0.469 e. The van der Waals surface area contributed by atoms with Gasteiger partial charge in [-0.1, -0.05) is 6.92 Å². The zero-order chi connectivity index (χ0) is 13.8. The Bertz CT molecular complexity index is 381. The van der Waals surface area contributed by atoms with Crippen molar-refractivity contribution < 1.29 is 23.1 Å². The summed E-state index contributed by atoms with van der Waals surface area (Å²) in [6, 6.07) is 0. The smallest absolute Gasteiger partial charge is 0.306 e. The molecule has 7 heteroatoms. The van der Waals surface area contributed by atoms with Crippen LogP contribution in [0.2, 0.25) is 0 Å². The maximum Gasteiger partial charge on any atom is 0.306 e. The van der Waals surface area contributed by atoms with Gasteiger partial charge in [-0.05, 0) is 18.8 Å². The zero-order valence-electron chi connectivity index (χ0n) is 10.8. The van der Waals surface area contributed by atoms with Crippen LogP contribution in [0, 0.1) is 5.92 Å². The molecule has 1 rings (SSSR count). The van der Waals surface area contributed by atoms with Crippen LogP contribution in [0.4, 0.5) is 0 Å². The number of nitrogens with zero attached hydrogens (tertiary/aromatic N) is 1. The van der Waals surface area contributed by atoms with Crippen LogP contribution in [-0.4, -0.2) is 55.9 Å². The predicted octanol–water partition coefficient (Wildman–Crippen LogP) is -0.0279. The molecule has 0 radical (unpaired) electrons. The number of esters is 1. The molecule has 1 aliphatic rings. The number of sulfonamides is 1. The number of hydrogen-bond donors (Lipinski definition) is 1. The van der Waals surface area contributed by atoms with E-state index >= 15 is 0 Å². The summed E-state index contributed by atoms with van der Waals surface area (Å²) >= 11 is 0. The van der Waals surface area contributed by atoms with Crippen LogP contribution in [-0.2, 0) is 19.6 Å². The van der Waals surface area contributed by atoms with Gasteiger partial charge in [0.25, 0.3) is 0 Å². The fourth-order valence-electron chi connectivity index (χ4n) is 2.08. The third-order valence-electron chi connectivity index (χ3n) is 3.37. The van der Waals surface area contributed by atoms with Gasteiger partial charge in [-0.25, -0.2) is 12.7 Å². The van der Waals surface area contributed by atoms with E-state index in [0.29, 0.717) is 19.5 Å². The molecule has 1 aliphatic heterocycles. The number of carbonyl (C=O) groups is 1. The van der Waals surface area contributed by atoms with Crippen molar-refractivity contribution in [2.24, 2.45) is 5.92 Å². The normalized spacial score (nSPS) is 25.9. The average Bonchev–Trinajstić information content (AvgIpc) is 2.36. The molecule has 1 heterocycles. The molecule has 0 bridgehead atoms. The molecule has 6 nitrogen and oxygen atoms in total. The van der Waals surface area contributed by atoms with Crippen LogP contribution in [0.15, 0.2) is 0 Å². The van der Waals surface area contributed by atoms with E-state index in [1.807, 2.05) is 6.92 Å². The van der Waals surface area contributed by atoms with Crippen molar-refractivity contribution in [2.75, 3.05) is 26.0 Å². The summed E-state index contributed by atoms with van der Waals surface area (Å²) in [5, 5.41) is 9.71. The molecule has 1 saturated heterocycles. The van der Waals surface area contributed by atoms with Crippen molar-refractivity contribution in [3.63, 3.8) is 0 Å². The predicted molar refractivity (Wildman–Crippen MR) is 66.4 cm³/mol. The number of hydrogen-bond acceptors (Lipinski definition) is 5. The molecule has 2 atom stereocenters. The number of aliphatic hydroxyl groups is 1. The highest BCUT2D eigenvalue weighted by Crippen LogP contribution is 2.22. The Morgan fingerprint density at radius 3 is 2.72 bits per heavy atom. The second-order valence-corrected chi connectivity index (χ2v) is 6.61. The van der Waals surface area contributed by atoms with Gasteiger partial charge >= 0.3 is 5.97 Å². The molecule has 0 amide bonds. The molecule has 0 aromatic rings. The Morgan fingerprint density at radius 1 is 1.50 bits per heavy atom. The molecule has 1 fully saturated rings. The Morgan fingerprint density at radius 2 is 2.17 bits per heavy atom. The lowest BCUT2D eigenvalue weighted by molar-refractivity contribution is -0.140. The summed E-state index contributed by atoms with van der Waals surface area (Å²) in [5.41, 5.74) is 0. The van der Waals surface area contributed by atoms with E-state index < -0.39 is 22.1 Å². The minimum absolute atomic E-state index is 0.0216. The minimum Gasteiger partial charge on any atom is -0.469 e. The zero-order valence-corrected chi connectivity index (χ0v) is 11.6. The Balaban J connectivity index is 2.60. The van der Waals surface area contributed by atoms with Crippen molar-refractivity contribution >= 4 is 16.0 Å². The van der Waals surface area contributed by atoms with Crippen molar-refractivity contribution in [3.8, 4) is 0 Å². The summed E-state index contributed by atoms with van der Waals surface area (Å²) in [6.07, 6.45) is 0.636. The van der Waals surface area contributed by atoms with E-state index in [1.165, 1.54) is 11.4 Å². The number of aliphatic hydroxyl groups excluding tert-OH is 1. The van der Waals surface area contributed by atoms with E-state index in [4.69, 9.17) is 0 Å². The molecule has 0 aliphatic carbocycles. The van der Waals surface area contributed by atoms with Crippen molar-refractivity contribution in [3.05, 3.63) is 0 Å². The van der Waals surface area contributed by atoms with Crippen LogP contribution < -0.4 is 0 Å². The quantitative estimate of drug-likeness (QED) is 0.715. The number of rotatable bonds is 5. The summed E-state index contributed by atoms with van der Waals surface area (Å²) in [6.45, 7) is 2.58. The molecule has 1 N–H and O–H groups in total. The first-order chi connectivity index (χ1) is 8.40. The van der Waals surface area contributed by atoms with E-state index in [2.05, 4.69) is 4.74 Å². The Hall–Kier alpha value is -0.660. The van der Waals surface area contributed by atoms with Gasteiger partial charge in [-0.15, -0.1) is 0 Å². The highest BCUT2D eigenvalue weighted by atomic mass is 32.2. The van der Waals surface area contributed by atoms with E-state index in [1.54, 1.807) is 0 Å². The lowest BCUT2D eigenvalue weighted by Gasteiger charge is -2.34. The van der Waals surface area contributed by atoms with Gasteiger partial charge in [0.2, 0.25) is 10.0 Å². The fourth-order valence-corrected chi connectivity index (χ4v) is 3.57. The standard InChI is InChI=1S/C11H21NO5S/c1-3-9-8-12(6-4-10(9)13)18(15,16)7-5-11(14)17-2/h9-10,13H,3-8H2,1-2H3. The lowest BCUT2D eigenvalue weighted by atomic mass is 9.94. The monoisotopic (exact) mass is 279 g/mol. The van der Waals surface area contributed by atoms with Crippen LogP contribution in [0.25, 0.3) is 0 Å². The summed E-state index contributed by atoms with van der Waals surface area (Å²) < 4.78 is 29.8.